The van der Waals surface area contributed by atoms with Gasteiger partial charge in [-0.3, -0.25) is 9.59 Å². The van der Waals surface area contributed by atoms with Crippen LogP contribution in [-0.2, 0) is 29.0 Å². The average molecular weight is 558 g/mol. The fourth-order valence-corrected chi connectivity index (χ4v) is 4.67. The molecular weight excluding hydrogens is 523 g/mol. The van der Waals surface area contributed by atoms with Crippen LogP contribution < -0.4 is 14.8 Å². The fourth-order valence-electron chi connectivity index (χ4n) is 4.20. The summed E-state index contributed by atoms with van der Waals surface area (Å²) in [5.74, 6) is 0.918. The summed E-state index contributed by atoms with van der Waals surface area (Å²) in [6.07, 6.45) is 1.05. The Hall–Kier alpha value is -3.22. The Morgan fingerprint density at radius 2 is 1.61 bits per heavy atom. The number of amides is 2. The second kappa shape index (κ2) is 14.6. The van der Waals surface area contributed by atoms with E-state index in [1.54, 1.807) is 30.1 Å². The molecule has 3 aromatic rings. The van der Waals surface area contributed by atoms with Gasteiger partial charge in [-0.1, -0.05) is 65.7 Å². The van der Waals surface area contributed by atoms with Gasteiger partial charge in [0.2, 0.25) is 11.8 Å². The first kappa shape index (κ1) is 29.3. The van der Waals surface area contributed by atoms with Gasteiger partial charge in [0.05, 0.1) is 13.2 Å². The highest BCUT2D eigenvalue weighted by molar-refractivity contribution is 6.35. The van der Waals surface area contributed by atoms with Crippen molar-refractivity contribution in [2.24, 2.45) is 0 Å². The Kier molecular flexibility index (Phi) is 11.3. The van der Waals surface area contributed by atoms with Crippen LogP contribution in [0.2, 0.25) is 10.0 Å². The smallest absolute Gasteiger partial charge is 0.242 e. The van der Waals surface area contributed by atoms with Gasteiger partial charge in [0.25, 0.3) is 0 Å². The number of carbonyl (C=O) groups is 2. The van der Waals surface area contributed by atoms with E-state index in [0.29, 0.717) is 53.2 Å². The molecule has 0 saturated heterocycles. The minimum absolute atomic E-state index is 0.160. The second-order valence-electron chi connectivity index (χ2n) is 8.72. The molecule has 3 rings (SSSR count). The summed E-state index contributed by atoms with van der Waals surface area (Å²) in [4.78, 5) is 28.5. The predicted octanol–water partition coefficient (Wildman–Crippen LogP) is 6.11. The van der Waals surface area contributed by atoms with Crippen LogP contribution in [0, 0.1) is 0 Å². The normalized spacial score (nSPS) is 11.5. The van der Waals surface area contributed by atoms with Crippen molar-refractivity contribution in [3.8, 4) is 11.5 Å². The molecule has 6 nitrogen and oxygen atoms in total. The zero-order valence-corrected chi connectivity index (χ0v) is 23.5. The molecule has 0 aliphatic rings. The summed E-state index contributed by atoms with van der Waals surface area (Å²) in [6, 6.07) is 19.8. The summed E-state index contributed by atoms with van der Waals surface area (Å²) >= 11 is 12.6. The molecule has 0 heterocycles. The Morgan fingerprint density at radius 1 is 0.895 bits per heavy atom. The molecular formula is C30H34Cl2N2O4. The van der Waals surface area contributed by atoms with Gasteiger partial charge in [-0.05, 0) is 61.2 Å². The van der Waals surface area contributed by atoms with E-state index in [0.717, 1.165) is 11.1 Å². The van der Waals surface area contributed by atoms with Crippen LogP contribution >= 0.6 is 23.2 Å². The van der Waals surface area contributed by atoms with Gasteiger partial charge in [-0.2, -0.15) is 0 Å². The van der Waals surface area contributed by atoms with Crippen LogP contribution in [-0.4, -0.2) is 43.0 Å². The molecule has 38 heavy (non-hydrogen) atoms. The Morgan fingerprint density at radius 3 is 2.26 bits per heavy atom. The highest BCUT2D eigenvalue weighted by atomic mass is 35.5. The maximum atomic E-state index is 13.8. The highest BCUT2D eigenvalue weighted by Crippen LogP contribution is 2.29. The molecule has 1 unspecified atom stereocenters. The molecule has 0 saturated carbocycles. The van der Waals surface area contributed by atoms with Crippen molar-refractivity contribution in [1.29, 1.82) is 0 Å². The van der Waals surface area contributed by atoms with Crippen LogP contribution in [0.1, 0.15) is 37.0 Å². The molecule has 1 atom stereocenters. The summed E-state index contributed by atoms with van der Waals surface area (Å²) in [5.41, 5.74) is 2.61. The molecule has 202 valence electrons. The molecule has 0 fully saturated rings. The molecule has 0 bridgehead atoms. The zero-order valence-electron chi connectivity index (χ0n) is 22.0. The number of aryl methyl sites for hydroxylation is 1. The Labute approximate surface area is 234 Å². The molecule has 0 aliphatic heterocycles. The van der Waals surface area contributed by atoms with Gasteiger partial charge in [-0.25, -0.2) is 0 Å². The number of nitrogens with zero attached hydrogens (tertiary/aromatic N) is 1. The third-order valence-corrected chi connectivity index (χ3v) is 6.70. The highest BCUT2D eigenvalue weighted by Gasteiger charge is 2.30. The topological polar surface area (TPSA) is 67.9 Å². The van der Waals surface area contributed by atoms with Crippen molar-refractivity contribution in [1.82, 2.24) is 10.2 Å². The molecule has 8 heteroatoms. The summed E-state index contributed by atoms with van der Waals surface area (Å²) < 4.78 is 11.4. The van der Waals surface area contributed by atoms with Gasteiger partial charge >= 0.3 is 0 Å². The van der Waals surface area contributed by atoms with E-state index in [9.17, 15) is 9.59 Å². The Balaban J connectivity index is 1.89. The van der Waals surface area contributed by atoms with E-state index >= 15 is 0 Å². The van der Waals surface area contributed by atoms with Crippen molar-refractivity contribution < 1.29 is 19.1 Å². The number of benzene rings is 3. The van der Waals surface area contributed by atoms with E-state index in [1.165, 1.54) is 0 Å². The van der Waals surface area contributed by atoms with E-state index in [1.807, 2.05) is 62.4 Å². The summed E-state index contributed by atoms with van der Waals surface area (Å²) in [5, 5.41) is 3.67. The third-order valence-electron chi connectivity index (χ3n) is 6.11. The Bertz CT molecular complexity index is 1220. The number of ether oxygens (including phenoxy) is 2. The van der Waals surface area contributed by atoms with Crippen LogP contribution in [0.4, 0.5) is 0 Å². The molecule has 0 spiro atoms. The second-order valence-corrected chi connectivity index (χ2v) is 9.57. The van der Waals surface area contributed by atoms with Crippen molar-refractivity contribution in [2.75, 3.05) is 20.3 Å². The third kappa shape index (κ3) is 8.14. The van der Waals surface area contributed by atoms with Crippen LogP contribution in [0.3, 0.4) is 0 Å². The number of hydrogen-bond acceptors (Lipinski definition) is 4. The average Bonchev–Trinajstić information content (AvgIpc) is 2.92. The van der Waals surface area contributed by atoms with Crippen molar-refractivity contribution in [3.05, 3.63) is 93.5 Å². The largest absolute Gasteiger partial charge is 0.490 e. The molecule has 2 amide bonds. The molecule has 1 N–H and O–H groups in total. The lowest BCUT2D eigenvalue weighted by molar-refractivity contribution is -0.141. The van der Waals surface area contributed by atoms with Crippen LogP contribution in [0.25, 0.3) is 0 Å². The number of rotatable bonds is 13. The van der Waals surface area contributed by atoms with E-state index in [4.69, 9.17) is 32.7 Å². The minimum Gasteiger partial charge on any atom is -0.490 e. The number of nitrogens with one attached hydrogen (secondary N) is 1. The van der Waals surface area contributed by atoms with E-state index < -0.39 is 6.04 Å². The summed E-state index contributed by atoms with van der Waals surface area (Å²) in [7, 11) is 1.58. The zero-order chi connectivity index (χ0) is 27.5. The quantitative estimate of drug-likeness (QED) is 0.276. The molecule has 0 aliphatic carbocycles. The maximum Gasteiger partial charge on any atom is 0.242 e. The number of hydrogen-bond donors (Lipinski definition) is 1. The van der Waals surface area contributed by atoms with Crippen LogP contribution in [0.5, 0.6) is 11.5 Å². The maximum absolute atomic E-state index is 13.8. The van der Waals surface area contributed by atoms with Crippen molar-refractivity contribution in [2.45, 2.75) is 45.7 Å². The number of likely N-dealkylation sites (N-methyl/N-ethyl adjacent to an activating group) is 1. The first-order valence-corrected chi connectivity index (χ1v) is 13.5. The monoisotopic (exact) mass is 556 g/mol. The van der Waals surface area contributed by atoms with Gasteiger partial charge in [0.1, 0.15) is 6.04 Å². The SMILES string of the molecule is CCOc1ccc(CCC(=O)N(Cc2ccc(Cl)cc2Cl)C(Cc2ccccc2)C(=O)NC)cc1OCC. The molecule has 0 radical (unpaired) electrons. The lowest BCUT2D eigenvalue weighted by Gasteiger charge is -2.31. The lowest BCUT2D eigenvalue weighted by Crippen LogP contribution is -2.49. The van der Waals surface area contributed by atoms with Gasteiger partial charge in [0.15, 0.2) is 11.5 Å². The fraction of sp³-hybridized carbons (Fsp3) is 0.333. The molecule has 3 aromatic carbocycles. The number of carbonyl (C=O) groups excluding carboxylic acids is 2. The summed E-state index contributed by atoms with van der Waals surface area (Å²) in [6.45, 7) is 5.04. The lowest BCUT2D eigenvalue weighted by atomic mass is 10.0. The standard InChI is InChI=1S/C30H34Cl2N2O4/c1-4-37-27-15-11-22(18-28(27)38-5-2)12-16-29(35)34(20-23-13-14-24(31)19-25(23)32)26(30(36)33-3)17-21-9-7-6-8-10-21/h6-11,13-15,18-19,26H,4-5,12,16-17,20H2,1-3H3,(H,33,36). The first-order chi connectivity index (χ1) is 18.4. The van der Waals surface area contributed by atoms with Crippen molar-refractivity contribution in [3.63, 3.8) is 0 Å². The predicted molar refractivity (Wildman–Crippen MR) is 152 cm³/mol. The first-order valence-electron chi connectivity index (χ1n) is 12.7. The van der Waals surface area contributed by atoms with Crippen LogP contribution in [0.15, 0.2) is 66.7 Å². The minimum atomic E-state index is -0.721. The van der Waals surface area contributed by atoms with E-state index in [2.05, 4.69) is 5.32 Å². The van der Waals surface area contributed by atoms with E-state index in [-0.39, 0.29) is 24.8 Å². The van der Waals surface area contributed by atoms with Crippen molar-refractivity contribution >= 4 is 35.0 Å². The van der Waals surface area contributed by atoms with Gasteiger partial charge < -0.3 is 19.7 Å². The molecule has 0 aromatic heterocycles. The number of halogens is 2. The van der Waals surface area contributed by atoms with Gasteiger partial charge in [-0.15, -0.1) is 0 Å². The van der Waals surface area contributed by atoms with Gasteiger partial charge in [0, 0.05) is 36.5 Å².